The summed E-state index contributed by atoms with van der Waals surface area (Å²) in [6.45, 7) is 6.42. The maximum absolute atomic E-state index is 14.7. The van der Waals surface area contributed by atoms with Crippen LogP contribution in [0.2, 0.25) is 0 Å². The number of carbonyl (C=O) groups is 2. The van der Waals surface area contributed by atoms with Crippen LogP contribution in [0.5, 0.6) is 0 Å². The minimum atomic E-state index is -4.75. The number of nitrogens with two attached hydrogens (primary N) is 1. The summed E-state index contributed by atoms with van der Waals surface area (Å²) in [5.74, 6) is -5.70. The van der Waals surface area contributed by atoms with E-state index in [1.54, 1.807) is 41.5 Å². The van der Waals surface area contributed by atoms with E-state index in [9.17, 15) is 32.8 Å². The Hall–Kier alpha value is -2.49. The number of carbonyl (C=O) groups excluding carboxylic acids is 2. The number of phosphoric acid groups is 1. The van der Waals surface area contributed by atoms with Crippen LogP contribution >= 0.6 is 7.82 Å². The maximum Gasteiger partial charge on any atom is 0.480 e. The molecule has 17 heteroatoms. The molecule has 0 saturated carbocycles. The number of aliphatic hydroxyl groups is 1. The summed E-state index contributed by atoms with van der Waals surface area (Å²) in [5, 5.41) is 10.1. The zero-order valence-electron chi connectivity index (χ0n) is 21.7. The number of alkyl halides is 2. The lowest BCUT2D eigenvalue weighted by Gasteiger charge is -2.23. The smallest absolute Gasteiger partial charge is 0.437 e. The molecule has 1 unspecified atom stereocenters. The Morgan fingerprint density at radius 2 is 1.61 bits per heavy atom. The van der Waals surface area contributed by atoms with Crippen molar-refractivity contribution in [1.82, 2.24) is 9.55 Å². The number of ether oxygens (including phenoxy) is 3. The average Bonchev–Trinajstić information content (AvgIpc) is 3.00. The fraction of sp³-hybridized carbons (Fsp3) is 0.714. The van der Waals surface area contributed by atoms with E-state index in [0.29, 0.717) is 4.57 Å². The van der Waals surface area contributed by atoms with E-state index >= 15 is 0 Å². The van der Waals surface area contributed by atoms with Gasteiger partial charge in [-0.2, -0.15) is 13.8 Å². The van der Waals surface area contributed by atoms with Crippen LogP contribution in [0.4, 0.5) is 14.6 Å². The number of rotatable bonds is 10. The fourth-order valence-corrected chi connectivity index (χ4v) is 3.63. The number of phosphoric ester groups is 1. The predicted octanol–water partition coefficient (Wildman–Crippen LogP) is 1.97. The van der Waals surface area contributed by atoms with Gasteiger partial charge in [-0.1, -0.05) is 0 Å². The van der Waals surface area contributed by atoms with Gasteiger partial charge in [0, 0.05) is 6.20 Å². The highest BCUT2D eigenvalue weighted by atomic mass is 31.2. The first kappa shape index (κ1) is 31.7. The molecule has 3 atom stereocenters. The van der Waals surface area contributed by atoms with Crippen LogP contribution in [0.3, 0.4) is 0 Å². The Morgan fingerprint density at radius 1 is 1.11 bits per heavy atom. The molecule has 216 valence electrons. The highest BCUT2D eigenvalue weighted by Gasteiger charge is 2.60. The van der Waals surface area contributed by atoms with Crippen LogP contribution in [0.1, 0.15) is 47.8 Å². The molecular formula is C21H32F2N3O11P. The Bertz CT molecular complexity index is 1080. The van der Waals surface area contributed by atoms with Crippen molar-refractivity contribution in [1.29, 1.82) is 0 Å². The van der Waals surface area contributed by atoms with Gasteiger partial charge in [0.25, 0.3) is 0 Å². The third-order valence-electron chi connectivity index (χ3n) is 4.91. The van der Waals surface area contributed by atoms with Gasteiger partial charge < -0.3 is 25.1 Å². The second-order valence-corrected chi connectivity index (χ2v) is 12.0. The topological polar surface area (TPSA) is 188 Å². The van der Waals surface area contributed by atoms with E-state index in [-0.39, 0.29) is 5.82 Å². The molecule has 0 radical (unpaired) electrons. The number of anilines is 1. The summed E-state index contributed by atoms with van der Waals surface area (Å²) >= 11 is 0. The van der Waals surface area contributed by atoms with Gasteiger partial charge >= 0.3 is 31.4 Å². The van der Waals surface area contributed by atoms with Crippen LogP contribution in [-0.4, -0.2) is 64.9 Å². The Kier molecular flexibility index (Phi) is 9.78. The molecule has 1 saturated heterocycles. The van der Waals surface area contributed by atoms with Crippen molar-refractivity contribution in [2.75, 3.05) is 25.9 Å². The monoisotopic (exact) mass is 571 g/mol. The molecule has 0 spiro atoms. The lowest BCUT2D eigenvalue weighted by Crippen LogP contribution is -2.42. The van der Waals surface area contributed by atoms with Gasteiger partial charge in [0.05, 0.1) is 17.4 Å². The van der Waals surface area contributed by atoms with E-state index in [1.807, 2.05) is 0 Å². The highest BCUT2D eigenvalue weighted by molar-refractivity contribution is 7.48. The van der Waals surface area contributed by atoms with Crippen molar-refractivity contribution >= 4 is 25.6 Å². The molecule has 2 heterocycles. The molecular weight excluding hydrogens is 539 g/mol. The first-order valence-corrected chi connectivity index (χ1v) is 12.7. The van der Waals surface area contributed by atoms with Crippen LogP contribution in [0.15, 0.2) is 17.1 Å². The lowest BCUT2D eigenvalue weighted by atomic mass is 9.98. The largest absolute Gasteiger partial charge is 0.480 e. The summed E-state index contributed by atoms with van der Waals surface area (Å²) in [4.78, 5) is 39.2. The van der Waals surface area contributed by atoms with Crippen LogP contribution < -0.4 is 11.4 Å². The second kappa shape index (κ2) is 11.7. The van der Waals surface area contributed by atoms with Crippen LogP contribution in [0, 0.1) is 10.8 Å². The molecule has 1 aromatic heterocycles. The standard InChI is InChI=1S/C21H32F2N3O11P/c1-19(2,3)16(28)32-10-35-38(31,36-11-33-17(29)20(4,5)6)34-9-12-14(27)21(22,23)15(37-12)26-8-7-13(24)25-18(26)30/h7-8,12,14-15,27H,9-11H2,1-6H3,(H2,24,25,30)/t12?,14-,15-/m1/s1. The lowest BCUT2D eigenvalue weighted by molar-refractivity contribution is -0.163. The van der Waals surface area contributed by atoms with Gasteiger partial charge in [0.2, 0.25) is 19.8 Å². The first-order chi connectivity index (χ1) is 17.3. The molecule has 1 aliphatic heterocycles. The molecule has 14 nitrogen and oxygen atoms in total. The van der Waals surface area contributed by atoms with Gasteiger partial charge in [-0.15, -0.1) is 0 Å². The molecule has 38 heavy (non-hydrogen) atoms. The molecule has 0 amide bonds. The van der Waals surface area contributed by atoms with E-state index < -0.39 is 80.8 Å². The van der Waals surface area contributed by atoms with Crippen molar-refractivity contribution < 1.29 is 55.8 Å². The number of nitrogen functional groups attached to an aromatic ring is 1. The SMILES string of the molecule is CC(C)(C)C(=O)OCOP(=O)(OCOC(=O)C(C)(C)C)OCC1O[C@@H](n2ccc(N)nc2=O)C(F)(F)[C@@H]1O. The van der Waals surface area contributed by atoms with E-state index in [1.165, 1.54) is 0 Å². The number of hydrogen-bond donors (Lipinski definition) is 2. The molecule has 0 bridgehead atoms. The minimum Gasteiger partial charge on any atom is -0.437 e. The van der Waals surface area contributed by atoms with Gasteiger partial charge in [-0.25, -0.2) is 18.4 Å². The molecule has 1 fully saturated rings. The third kappa shape index (κ3) is 8.01. The molecule has 0 aromatic carbocycles. The zero-order chi connectivity index (χ0) is 29.1. The number of hydrogen-bond acceptors (Lipinski definition) is 13. The van der Waals surface area contributed by atoms with Crippen molar-refractivity contribution in [2.45, 2.75) is 65.9 Å². The third-order valence-corrected chi connectivity index (χ3v) is 6.22. The summed E-state index contributed by atoms with van der Waals surface area (Å²) < 4.78 is 72.7. The number of esters is 2. The molecule has 3 N–H and O–H groups in total. The zero-order valence-corrected chi connectivity index (χ0v) is 22.6. The van der Waals surface area contributed by atoms with Gasteiger partial charge in [-0.05, 0) is 47.6 Å². The highest BCUT2D eigenvalue weighted by Crippen LogP contribution is 2.51. The van der Waals surface area contributed by atoms with E-state index in [2.05, 4.69) is 4.98 Å². The molecule has 1 aromatic rings. The van der Waals surface area contributed by atoms with Gasteiger partial charge in [0.1, 0.15) is 11.9 Å². The van der Waals surface area contributed by atoms with Crippen molar-refractivity contribution in [3.8, 4) is 0 Å². The van der Waals surface area contributed by atoms with Gasteiger partial charge in [-0.3, -0.25) is 18.7 Å². The quantitative estimate of drug-likeness (QED) is 0.236. The average molecular weight is 571 g/mol. The predicted molar refractivity (Wildman–Crippen MR) is 124 cm³/mol. The molecule has 1 aliphatic rings. The number of halogens is 2. The second-order valence-electron chi connectivity index (χ2n) is 10.3. The summed E-state index contributed by atoms with van der Waals surface area (Å²) in [7, 11) is -4.75. The Labute approximate surface area is 216 Å². The Balaban J connectivity index is 2.14. The maximum atomic E-state index is 14.7. The Morgan fingerprint density at radius 3 is 2.05 bits per heavy atom. The first-order valence-electron chi connectivity index (χ1n) is 11.2. The summed E-state index contributed by atoms with van der Waals surface area (Å²) in [6, 6.07) is 1.07. The molecule has 0 aliphatic carbocycles. The number of aromatic nitrogens is 2. The van der Waals surface area contributed by atoms with Crippen molar-refractivity contribution in [2.24, 2.45) is 10.8 Å². The van der Waals surface area contributed by atoms with Crippen molar-refractivity contribution in [3.05, 3.63) is 22.7 Å². The number of nitrogens with zero attached hydrogens (tertiary/aromatic N) is 2. The number of aliphatic hydroxyl groups excluding tert-OH is 1. The van der Waals surface area contributed by atoms with Gasteiger partial charge in [0.15, 0.2) is 6.10 Å². The van der Waals surface area contributed by atoms with E-state index in [0.717, 1.165) is 12.3 Å². The van der Waals surface area contributed by atoms with Crippen molar-refractivity contribution in [3.63, 3.8) is 0 Å². The summed E-state index contributed by atoms with van der Waals surface area (Å²) in [6.07, 6.45) is -5.76. The van der Waals surface area contributed by atoms with Crippen LogP contribution in [-0.2, 0) is 41.9 Å². The fourth-order valence-electron chi connectivity index (χ4n) is 2.71. The molecule has 2 rings (SSSR count). The van der Waals surface area contributed by atoms with Crippen LogP contribution in [0.25, 0.3) is 0 Å². The normalized spacial score (nSPS) is 21.8. The minimum absolute atomic E-state index is 0.220. The summed E-state index contributed by atoms with van der Waals surface area (Å²) in [5.41, 5.74) is 2.33. The van der Waals surface area contributed by atoms with E-state index in [4.69, 9.17) is 33.5 Å².